The van der Waals surface area contributed by atoms with E-state index in [0.29, 0.717) is 17.2 Å². The fourth-order valence-electron chi connectivity index (χ4n) is 5.94. The lowest BCUT2D eigenvalue weighted by molar-refractivity contribution is -0.140. The third-order valence-corrected chi connectivity index (χ3v) is 7.92. The van der Waals surface area contributed by atoms with Crippen LogP contribution >= 0.6 is 0 Å². The summed E-state index contributed by atoms with van der Waals surface area (Å²) in [7, 11) is 0. The zero-order valence-electron chi connectivity index (χ0n) is 19.2. The third kappa shape index (κ3) is 5.80. The van der Waals surface area contributed by atoms with E-state index < -0.39 is 0 Å². The second-order valence-corrected chi connectivity index (χ2v) is 10.00. The van der Waals surface area contributed by atoms with E-state index in [4.69, 9.17) is 10.00 Å². The lowest BCUT2D eigenvalue weighted by Crippen LogP contribution is -2.30. The van der Waals surface area contributed by atoms with Crippen LogP contribution in [-0.4, -0.2) is 5.97 Å². The molecule has 0 radical (unpaired) electrons. The quantitative estimate of drug-likeness (QED) is 0.358. The van der Waals surface area contributed by atoms with E-state index in [9.17, 15) is 4.79 Å². The van der Waals surface area contributed by atoms with Crippen LogP contribution in [0.3, 0.4) is 0 Å². The van der Waals surface area contributed by atoms with Crippen LogP contribution in [0, 0.1) is 35.0 Å². The van der Waals surface area contributed by atoms with Crippen molar-refractivity contribution in [2.24, 2.45) is 23.7 Å². The minimum absolute atomic E-state index is 0.0185. The Morgan fingerprint density at radius 1 is 0.906 bits per heavy atom. The second-order valence-electron chi connectivity index (χ2n) is 10.00. The van der Waals surface area contributed by atoms with Gasteiger partial charge in [-0.15, -0.1) is 0 Å². The molecule has 2 aliphatic rings. The molecule has 0 unspecified atom stereocenters. The van der Waals surface area contributed by atoms with Gasteiger partial charge in [0.15, 0.2) is 0 Å². The van der Waals surface area contributed by atoms with Crippen molar-refractivity contribution in [1.29, 1.82) is 5.26 Å². The molecule has 0 bridgehead atoms. The zero-order chi connectivity index (χ0) is 22.3. The molecule has 1 atom stereocenters. The number of esters is 1. The second kappa shape index (κ2) is 10.8. The number of carbonyl (C=O) groups excluding carboxylic acids is 1. The summed E-state index contributed by atoms with van der Waals surface area (Å²) in [5, 5.41) is 8.89. The van der Waals surface area contributed by atoms with Crippen LogP contribution in [0.5, 0.6) is 5.75 Å². The molecule has 0 heterocycles. The Morgan fingerprint density at radius 2 is 1.50 bits per heavy atom. The van der Waals surface area contributed by atoms with Crippen molar-refractivity contribution >= 4 is 5.97 Å². The van der Waals surface area contributed by atoms with Crippen LogP contribution in [0.2, 0.25) is 0 Å². The van der Waals surface area contributed by atoms with E-state index in [-0.39, 0.29) is 11.9 Å². The number of nitrogens with zero attached hydrogens (tertiary/aromatic N) is 1. The molecule has 0 aliphatic heterocycles. The van der Waals surface area contributed by atoms with Gasteiger partial charge in [-0.1, -0.05) is 50.1 Å². The van der Waals surface area contributed by atoms with Gasteiger partial charge in [-0.05, 0) is 98.4 Å². The van der Waals surface area contributed by atoms with Crippen LogP contribution in [-0.2, 0) is 4.79 Å². The van der Waals surface area contributed by atoms with Crippen LogP contribution < -0.4 is 4.74 Å². The number of rotatable bonds is 6. The third-order valence-electron chi connectivity index (χ3n) is 7.92. The molecular formula is C29H35NO2. The summed E-state index contributed by atoms with van der Waals surface area (Å²) in [6.07, 6.45) is 11.0. The lowest BCUT2D eigenvalue weighted by atomic mass is 9.68. The minimum Gasteiger partial charge on any atom is -0.426 e. The molecule has 0 saturated heterocycles. The van der Waals surface area contributed by atoms with E-state index in [2.05, 4.69) is 43.3 Å². The fourth-order valence-corrected chi connectivity index (χ4v) is 5.94. The summed E-state index contributed by atoms with van der Waals surface area (Å²) in [6.45, 7) is 2.37. The van der Waals surface area contributed by atoms with E-state index in [1.165, 1.54) is 37.7 Å². The monoisotopic (exact) mass is 429 g/mol. The Kier molecular flexibility index (Phi) is 7.63. The van der Waals surface area contributed by atoms with Crippen LogP contribution in [0.15, 0.2) is 54.6 Å². The van der Waals surface area contributed by atoms with Gasteiger partial charge < -0.3 is 4.74 Å². The Balaban J connectivity index is 1.19. The number of nitriles is 1. The molecule has 2 fully saturated rings. The van der Waals surface area contributed by atoms with Crippen molar-refractivity contribution in [3.8, 4) is 11.8 Å². The van der Waals surface area contributed by atoms with Gasteiger partial charge in [-0.3, -0.25) is 4.79 Å². The van der Waals surface area contributed by atoms with E-state index >= 15 is 0 Å². The van der Waals surface area contributed by atoms with E-state index in [1.54, 1.807) is 24.3 Å². The number of carbonyl (C=O) groups is 1. The molecule has 0 aromatic heterocycles. The summed E-state index contributed by atoms with van der Waals surface area (Å²) >= 11 is 0. The molecule has 3 heteroatoms. The Bertz CT molecular complexity index is 898. The van der Waals surface area contributed by atoms with Crippen LogP contribution in [0.25, 0.3) is 0 Å². The van der Waals surface area contributed by atoms with Crippen molar-refractivity contribution < 1.29 is 9.53 Å². The Morgan fingerprint density at radius 3 is 2.09 bits per heavy atom. The van der Waals surface area contributed by atoms with Crippen LogP contribution in [0.1, 0.15) is 81.8 Å². The molecule has 4 rings (SSSR count). The molecule has 2 aromatic rings. The lowest BCUT2D eigenvalue weighted by Gasteiger charge is -2.38. The van der Waals surface area contributed by atoms with Gasteiger partial charge in [0, 0.05) is 0 Å². The molecule has 3 nitrogen and oxygen atoms in total. The Labute approximate surface area is 192 Å². The average Bonchev–Trinajstić information content (AvgIpc) is 2.85. The van der Waals surface area contributed by atoms with Gasteiger partial charge in [-0.2, -0.15) is 5.26 Å². The maximum atomic E-state index is 12.6. The first-order valence-corrected chi connectivity index (χ1v) is 12.4. The van der Waals surface area contributed by atoms with Gasteiger partial charge in [0.1, 0.15) is 5.75 Å². The Hall–Kier alpha value is -2.60. The smallest absolute Gasteiger partial charge is 0.314 e. The molecule has 2 saturated carbocycles. The van der Waals surface area contributed by atoms with Crippen LogP contribution in [0.4, 0.5) is 0 Å². The van der Waals surface area contributed by atoms with Crippen molar-refractivity contribution in [3.05, 3.63) is 65.7 Å². The normalized spacial score (nSPS) is 26.6. The highest BCUT2D eigenvalue weighted by molar-refractivity contribution is 5.75. The van der Waals surface area contributed by atoms with E-state index in [0.717, 1.165) is 43.4 Å². The maximum Gasteiger partial charge on any atom is 0.314 e. The topological polar surface area (TPSA) is 50.1 Å². The first kappa shape index (κ1) is 22.6. The predicted octanol–water partition coefficient (Wildman–Crippen LogP) is 7.27. The number of benzene rings is 2. The molecule has 2 aromatic carbocycles. The molecule has 2 aliphatic carbocycles. The zero-order valence-corrected chi connectivity index (χ0v) is 19.2. The van der Waals surface area contributed by atoms with Crippen molar-refractivity contribution in [1.82, 2.24) is 0 Å². The molecule has 0 amide bonds. The highest BCUT2D eigenvalue weighted by Crippen LogP contribution is 2.43. The van der Waals surface area contributed by atoms with Gasteiger partial charge in [0.05, 0.1) is 17.6 Å². The van der Waals surface area contributed by atoms with Crippen molar-refractivity contribution in [3.63, 3.8) is 0 Å². The van der Waals surface area contributed by atoms with Gasteiger partial charge in [0.2, 0.25) is 0 Å². The maximum absolute atomic E-state index is 12.6. The number of hydrogen-bond donors (Lipinski definition) is 0. The minimum atomic E-state index is -0.105. The molecule has 32 heavy (non-hydrogen) atoms. The summed E-state index contributed by atoms with van der Waals surface area (Å²) in [5.74, 6) is 3.58. The van der Waals surface area contributed by atoms with Crippen molar-refractivity contribution in [2.75, 3.05) is 0 Å². The highest BCUT2D eigenvalue weighted by atomic mass is 16.5. The predicted molar refractivity (Wildman–Crippen MR) is 127 cm³/mol. The van der Waals surface area contributed by atoms with Gasteiger partial charge in [-0.25, -0.2) is 0 Å². The van der Waals surface area contributed by atoms with E-state index in [1.807, 2.05) is 0 Å². The summed E-state index contributed by atoms with van der Waals surface area (Å²) in [6, 6.07) is 19.8. The molecule has 0 spiro atoms. The number of ether oxygens (including phenoxy) is 1. The molecule has 0 N–H and O–H groups in total. The highest BCUT2D eigenvalue weighted by Gasteiger charge is 2.34. The first-order chi connectivity index (χ1) is 15.6. The first-order valence-electron chi connectivity index (χ1n) is 12.4. The van der Waals surface area contributed by atoms with Gasteiger partial charge >= 0.3 is 5.97 Å². The molecular weight excluding hydrogens is 394 g/mol. The number of hydrogen-bond acceptors (Lipinski definition) is 3. The largest absolute Gasteiger partial charge is 0.426 e. The molecule has 168 valence electrons. The summed E-state index contributed by atoms with van der Waals surface area (Å²) in [4.78, 5) is 12.6. The van der Waals surface area contributed by atoms with Crippen molar-refractivity contribution in [2.45, 2.75) is 70.6 Å². The fraction of sp³-hybridized carbons (Fsp3) is 0.517. The summed E-state index contributed by atoms with van der Waals surface area (Å²) in [5.41, 5.74) is 2.05. The summed E-state index contributed by atoms with van der Waals surface area (Å²) < 4.78 is 5.57. The standard InChI is InChI=1S/C29H35NO2/c1-21(24-5-3-2-4-6-24)19-22-7-11-25(12-8-22)26-13-15-27(16-14-26)29(31)32-28-17-9-23(20-30)10-18-28/h2-6,9-10,17-18,21-22,25-27H,7-8,11-16,19H2,1H3/t21-,22?,25?,26?,27?/m0/s1. The SMILES string of the molecule is C[C@@H](CC1CCC(C2CCC(C(=O)Oc3ccc(C#N)cc3)CC2)CC1)c1ccccc1. The van der Waals surface area contributed by atoms with Gasteiger partial charge in [0.25, 0.3) is 0 Å². The average molecular weight is 430 g/mol.